The Morgan fingerprint density at radius 2 is 0.696 bits per heavy atom. The lowest BCUT2D eigenvalue weighted by Gasteiger charge is -2.27. The van der Waals surface area contributed by atoms with Crippen LogP contribution in [0.4, 0.5) is 0 Å². The van der Waals surface area contributed by atoms with Crippen LogP contribution in [-0.2, 0) is 0 Å². The average molecular weight is 631 g/mol. The minimum atomic E-state index is -0.629. The SMILES string of the molecule is C1=N[C@H](c2ccccc2)[C@@H](c2ccccc2)N=Cc2ccccc2P(c2ccccc2)CCP(c2ccccc2)c2ccccc21. The average Bonchev–Trinajstić information content (AvgIpc) is 3.13. The maximum absolute atomic E-state index is 5.40. The van der Waals surface area contributed by atoms with Crippen molar-refractivity contribution in [2.75, 3.05) is 12.3 Å². The van der Waals surface area contributed by atoms with Crippen molar-refractivity contribution in [3.05, 3.63) is 192 Å². The number of benzene rings is 6. The standard InChI is InChI=1S/C42H36N2P2/c1-5-17-33(18-6-1)41-42(34-19-7-2-8-20-34)44-32-36-22-14-16-28-40(36)46(38-25-11-4-12-26-38)30-29-45(37-23-9-3-10-24-37)39-27-15-13-21-35(39)31-43-41/h1-28,31-32,41-42H,29-30H2/t41-,42-,45?,46?/m1/s1. The summed E-state index contributed by atoms with van der Waals surface area (Å²) in [5, 5.41) is 5.58. The van der Waals surface area contributed by atoms with Crippen LogP contribution in [0.1, 0.15) is 34.3 Å². The maximum atomic E-state index is 5.40. The van der Waals surface area contributed by atoms with Crippen molar-refractivity contribution < 1.29 is 0 Å². The summed E-state index contributed by atoms with van der Waals surface area (Å²) in [6.45, 7) is 0. The largest absolute Gasteiger partial charge is 0.282 e. The molecule has 6 aromatic rings. The molecular weight excluding hydrogens is 594 g/mol. The van der Waals surface area contributed by atoms with E-state index in [1.165, 1.54) is 32.3 Å². The Bertz CT molecular complexity index is 1770. The molecule has 46 heavy (non-hydrogen) atoms. The third kappa shape index (κ3) is 6.85. The van der Waals surface area contributed by atoms with Crippen LogP contribution < -0.4 is 21.2 Å². The number of aliphatic imine (C=N–C) groups is 2. The topological polar surface area (TPSA) is 24.7 Å². The second kappa shape index (κ2) is 14.7. The highest BCUT2D eigenvalue weighted by Gasteiger charge is 2.26. The van der Waals surface area contributed by atoms with Gasteiger partial charge in [-0.25, -0.2) is 0 Å². The Labute approximate surface area is 275 Å². The molecule has 0 saturated carbocycles. The van der Waals surface area contributed by atoms with E-state index in [9.17, 15) is 0 Å². The van der Waals surface area contributed by atoms with E-state index in [-0.39, 0.29) is 12.1 Å². The zero-order valence-corrected chi connectivity index (χ0v) is 27.5. The highest BCUT2D eigenvalue weighted by molar-refractivity contribution is 7.76. The summed E-state index contributed by atoms with van der Waals surface area (Å²) in [6.07, 6.45) is 6.42. The summed E-state index contributed by atoms with van der Waals surface area (Å²) in [7, 11) is -1.26. The molecule has 0 aliphatic carbocycles. The fourth-order valence-corrected chi connectivity index (χ4v) is 11.8. The minimum absolute atomic E-state index is 0.193. The van der Waals surface area contributed by atoms with Gasteiger partial charge in [0, 0.05) is 23.6 Å². The van der Waals surface area contributed by atoms with Crippen molar-refractivity contribution in [2.24, 2.45) is 9.98 Å². The van der Waals surface area contributed by atoms with E-state index in [0.717, 1.165) is 23.5 Å². The van der Waals surface area contributed by atoms with E-state index >= 15 is 0 Å². The third-order valence-electron chi connectivity index (χ3n) is 8.47. The van der Waals surface area contributed by atoms with E-state index in [4.69, 9.17) is 9.98 Å². The molecule has 0 spiro atoms. The summed E-state index contributed by atoms with van der Waals surface area (Å²) in [5.74, 6) is 0. The Balaban J connectivity index is 1.46. The molecule has 0 amide bonds. The van der Waals surface area contributed by atoms with Gasteiger partial charge in [-0.15, -0.1) is 0 Å². The second-order valence-electron chi connectivity index (χ2n) is 11.4. The van der Waals surface area contributed by atoms with Gasteiger partial charge < -0.3 is 0 Å². The van der Waals surface area contributed by atoms with Gasteiger partial charge >= 0.3 is 0 Å². The van der Waals surface area contributed by atoms with Gasteiger partial charge in [-0.2, -0.15) is 0 Å². The molecule has 0 bridgehead atoms. The fraction of sp³-hybridized carbons (Fsp3) is 0.0952. The predicted octanol–water partition coefficient (Wildman–Crippen LogP) is 8.59. The number of nitrogens with zero attached hydrogens (tertiary/aromatic N) is 2. The Kier molecular flexibility index (Phi) is 9.67. The monoisotopic (exact) mass is 630 g/mol. The van der Waals surface area contributed by atoms with Gasteiger partial charge in [-0.1, -0.05) is 170 Å². The van der Waals surface area contributed by atoms with Crippen molar-refractivity contribution in [3.63, 3.8) is 0 Å². The predicted molar refractivity (Wildman–Crippen MR) is 201 cm³/mol. The molecule has 1 aliphatic heterocycles. The van der Waals surface area contributed by atoms with Gasteiger partial charge in [0.15, 0.2) is 0 Å². The van der Waals surface area contributed by atoms with Crippen molar-refractivity contribution in [3.8, 4) is 0 Å². The molecule has 1 aliphatic rings. The smallest absolute Gasteiger partial charge is 0.101 e. The highest BCUT2D eigenvalue weighted by Crippen LogP contribution is 2.43. The molecule has 2 unspecified atom stereocenters. The zero-order chi connectivity index (χ0) is 31.0. The fourth-order valence-electron chi connectivity index (χ4n) is 6.20. The molecular formula is C42H36N2P2. The van der Waals surface area contributed by atoms with Gasteiger partial charge in [0.25, 0.3) is 0 Å². The van der Waals surface area contributed by atoms with Crippen LogP contribution in [0.3, 0.4) is 0 Å². The number of hydrogen-bond acceptors (Lipinski definition) is 2. The first-order chi connectivity index (χ1) is 22.8. The molecule has 0 fully saturated rings. The van der Waals surface area contributed by atoms with E-state index in [1.54, 1.807) is 0 Å². The lowest BCUT2D eigenvalue weighted by molar-refractivity contribution is 0.583. The molecule has 6 aromatic carbocycles. The molecule has 0 saturated heterocycles. The van der Waals surface area contributed by atoms with Gasteiger partial charge in [0.2, 0.25) is 0 Å². The Morgan fingerprint density at radius 1 is 0.370 bits per heavy atom. The van der Waals surface area contributed by atoms with Gasteiger partial charge in [-0.05, 0) is 60.5 Å². The molecule has 224 valence electrons. The van der Waals surface area contributed by atoms with Crippen molar-refractivity contribution in [1.29, 1.82) is 0 Å². The van der Waals surface area contributed by atoms with Crippen molar-refractivity contribution in [2.45, 2.75) is 12.1 Å². The summed E-state index contributed by atoms with van der Waals surface area (Å²) in [4.78, 5) is 10.8. The molecule has 4 heteroatoms. The maximum Gasteiger partial charge on any atom is 0.101 e. The summed E-state index contributed by atoms with van der Waals surface area (Å²) >= 11 is 0. The van der Waals surface area contributed by atoms with E-state index in [0.29, 0.717) is 0 Å². The lowest BCUT2D eigenvalue weighted by Crippen LogP contribution is -2.23. The number of fused-ring (bicyclic) bond motifs is 2. The van der Waals surface area contributed by atoms with E-state index < -0.39 is 15.8 Å². The van der Waals surface area contributed by atoms with Crippen LogP contribution >= 0.6 is 15.8 Å². The van der Waals surface area contributed by atoms with Crippen LogP contribution in [0.2, 0.25) is 0 Å². The lowest BCUT2D eigenvalue weighted by atomic mass is 9.94. The van der Waals surface area contributed by atoms with Crippen LogP contribution in [0.5, 0.6) is 0 Å². The summed E-state index contributed by atoms with van der Waals surface area (Å²) < 4.78 is 0. The van der Waals surface area contributed by atoms with Crippen LogP contribution in [0, 0.1) is 0 Å². The third-order valence-corrected chi connectivity index (χ3v) is 14.0. The molecule has 7 rings (SSSR count). The van der Waals surface area contributed by atoms with Crippen LogP contribution in [0.15, 0.2) is 180 Å². The Hall–Kier alpha value is -4.48. The summed E-state index contributed by atoms with van der Waals surface area (Å²) in [5.41, 5.74) is 4.69. The van der Waals surface area contributed by atoms with Crippen molar-refractivity contribution >= 4 is 49.5 Å². The molecule has 2 nitrogen and oxygen atoms in total. The first-order valence-corrected chi connectivity index (χ1v) is 18.9. The Morgan fingerprint density at radius 3 is 1.09 bits per heavy atom. The summed E-state index contributed by atoms with van der Waals surface area (Å²) in [6, 6.07) is 60.9. The zero-order valence-electron chi connectivity index (χ0n) is 25.7. The molecule has 0 radical (unpaired) electrons. The minimum Gasteiger partial charge on any atom is -0.282 e. The highest BCUT2D eigenvalue weighted by atomic mass is 31.1. The molecule has 0 N–H and O–H groups in total. The van der Waals surface area contributed by atoms with Gasteiger partial charge in [0.1, 0.15) is 12.1 Å². The normalized spacial score (nSPS) is 19.8. The van der Waals surface area contributed by atoms with E-state index in [1.807, 2.05) is 0 Å². The van der Waals surface area contributed by atoms with E-state index in [2.05, 4.69) is 182 Å². The first-order valence-electron chi connectivity index (χ1n) is 15.8. The number of rotatable bonds is 4. The molecule has 0 aromatic heterocycles. The quantitative estimate of drug-likeness (QED) is 0.174. The molecule has 4 atom stereocenters. The first kappa shape index (κ1) is 30.2. The van der Waals surface area contributed by atoms with Gasteiger partial charge in [0.05, 0.1) is 0 Å². The van der Waals surface area contributed by atoms with Crippen LogP contribution in [0.25, 0.3) is 0 Å². The van der Waals surface area contributed by atoms with Gasteiger partial charge in [-0.3, -0.25) is 9.98 Å². The molecule has 1 heterocycles. The van der Waals surface area contributed by atoms with Crippen molar-refractivity contribution in [1.82, 2.24) is 0 Å². The second-order valence-corrected chi connectivity index (χ2v) is 16.0. The number of hydrogen-bond donors (Lipinski definition) is 0. The van der Waals surface area contributed by atoms with Crippen LogP contribution in [-0.4, -0.2) is 24.8 Å².